The van der Waals surface area contributed by atoms with Crippen molar-refractivity contribution in [3.05, 3.63) is 69.6 Å². The number of allylic oxidation sites excluding steroid dienone is 1. The molecular formula is C15H14N4S. The van der Waals surface area contributed by atoms with Gasteiger partial charge in [-0.05, 0) is 12.1 Å². The van der Waals surface area contributed by atoms with Gasteiger partial charge in [0.1, 0.15) is 5.36 Å². The molecule has 2 rings (SSSR count). The summed E-state index contributed by atoms with van der Waals surface area (Å²) in [7, 11) is 1.73. The number of fused-ring (bicyclic) bond motifs is 1. The standard InChI is InChI=1S/C15H14N4S/c1-4-5-15-12(8-16-3)9-18-14-10-17-7-6-13(14)19-11(2)20-15/h5-8,10H,1-2,9H2,3H3/b15-12-,16-8-,18-14-,19-13-. The van der Waals surface area contributed by atoms with Crippen molar-refractivity contribution in [2.45, 2.75) is 0 Å². The summed E-state index contributed by atoms with van der Waals surface area (Å²) in [4.78, 5) is 18.1. The Balaban J connectivity index is 2.64. The van der Waals surface area contributed by atoms with Gasteiger partial charge in [-0.2, -0.15) is 0 Å². The van der Waals surface area contributed by atoms with E-state index in [2.05, 4.69) is 38.9 Å². The second-order valence-electron chi connectivity index (χ2n) is 3.91. The summed E-state index contributed by atoms with van der Waals surface area (Å²) in [6.07, 6.45) is 6.98. The summed E-state index contributed by atoms with van der Waals surface area (Å²) in [6, 6.07) is 1.83. The van der Waals surface area contributed by atoms with Crippen molar-refractivity contribution in [1.29, 1.82) is 0 Å². The average molecular weight is 282 g/mol. The summed E-state index contributed by atoms with van der Waals surface area (Å²) in [5, 5.41) is 2.20. The Morgan fingerprint density at radius 3 is 3.05 bits per heavy atom. The third-order valence-corrected chi connectivity index (χ3v) is 3.43. The van der Waals surface area contributed by atoms with E-state index in [1.54, 1.807) is 31.7 Å². The van der Waals surface area contributed by atoms with Gasteiger partial charge in [0.25, 0.3) is 0 Å². The van der Waals surface area contributed by atoms with Gasteiger partial charge in [-0.25, -0.2) is 4.99 Å². The zero-order valence-electron chi connectivity index (χ0n) is 11.2. The van der Waals surface area contributed by atoms with E-state index >= 15 is 0 Å². The van der Waals surface area contributed by atoms with Crippen LogP contribution in [0.3, 0.4) is 0 Å². The molecule has 0 N–H and O–H groups in total. The molecule has 0 aliphatic carbocycles. The molecule has 0 saturated heterocycles. The third-order valence-electron chi connectivity index (χ3n) is 2.50. The molecule has 1 aliphatic heterocycles. The van der Waals surface area contributed by atoms with Crippen LogP contribution in [0.15, 0.2) is 73.9 Å². The molecule has 5 heteroatoms. The van der Waals surface area contributed by atoms with Gasteiger partial charge >= 0.3 is 0 Å². The lowest BCUT2D eigenvalue weighted by Gasteiger charge is -2.04. The Labute approximate surface area is 121 Å². The van der Waals surface area contributed by atoms with Crippen LogP contribution in [0.5, 0.6) is 0 Å². The zero-order chi connectivity index (χ0) is 14.4. The highest BCUT2D eigenvalue weighted by Crippen LogP contribution is 2.28. The molecule has 1 aromatic rings. The smallest absolute Gasteiger partial charge is 0.102 e. The summed E-state index contributed by atoms with van der Waals surface area (Å²) in [5.74, 6) is 0. The van der Waals surface area contributed by atoms with Crippen molar-refractivity contribution in [2.75, 3.05) is 13.6 Å². The van der Waals surface area contributed by atoms with E-state index in [1.807, 2.05) is 6.07 Å². The fraction of sp³-hybridized carbons (Fsp3) is 0.133. The van der Waals surface area contributed by atoms with Gasteiger partial charge in [-0.3, -0.25) is 15.0 Å². The predicted molar refractivity (Wildman–Crippen MR) is 83.3 cm³/mol. The van der Waals surface area contributed by atoms with E-state index in [0.717, 1.165) is 21.2 Å². The van der Waals surface area contributed by atoms with E-state index in [4.69, 9.17) is 0 Å². The molecular weight excluding hydrogens is 268 g/mol. The highest BCUT2D eigenvalue weighted by Gasteiger charge is 2.07. The largest absolute Gasteiger partial charge is 0.296 e. The Kier molecular flexibility index (Phi) is 4.82. The maximum atomic E-state index is 4.55. The van der Waals surface area contributed by atoms with E-state index in [-0.39, 0.29) is 0 Å². The molecule has 0 fully saturated rings. The highest BCUT2D eigenvalue weighted by molar-refractivity contribution is 8.06. The van der Waals surface area contributed by atoms with Crippen molar-refractivity contribution in [3.63, 3.8) is 0 Å². The van der Waals surface area contributed by atoms with Gasteiger partial charge in [0.05, 0.1) is 23.1 Å². The molecule has 1 aliphatic rings. The van der Waals surface area contributed by atoms with Crippen molar-refractivity contribution in [3.8, 4) is 0 Å². The van der Waals surface area contributed by atoms with E-state index in [9.17, 15) is 0 Å². The Hall–Kier alpha value is -2.23. The van der Waals surface area contributed by atoms with Crippen LogP contribution in [0.2, 0.25) is 0 Å². The maximum absolute atomic E-state index is 4.55. The van der Waals surface area contributed by atoms with E-state index < -0.39 is 0 Å². The minimum absolute atomic E-state index is 0.499. The molecule has 0 saturated carbocycles. The lowest BCUT2D eigenvalue weighted by molar-refractivity contribution is 1.06. The number of rotatable bonds is 2. The number of thioether (sulfide) groups is 1. The Morgan fingerprint density at radius 1 is 1.45 bits per heavy atom. The molecule has 1 aromatic heterocycles. The second-order valence-corrected chi connectivity index (χ2v) is 5.03. The summed E-state index contributed by atoms with van der Waals surface area (Å²) in [5.41, 5.74) is 3.76. The average Bonchev–Trinajstić information content (AvgIpc) is 2.49. The number of aromatic nitrogens is 1. The monoisotopic (exact) mass is 282 g/mol. The van der Waals surface area contributed by atoms with Crippen LogP contribution in [0.25, 0.3) is 0 Å². The molecule has 0 radical (unpaired) electrons. The Bertz CT molecular complexity index is 752. The van der Waals surface area contributed by atoms with Gasteiger partial charge in [-0.15, -0.1) is 5.73 Å². The first-order valence-electron chi connectivity index (χ1n) is 5.95. The fourth-order valence-corrected chi connectivity index (χ4v) is 2.46. The highest BCUT2D eigenvalue weighted by atomic mass is 32.2. The minimum Gasteiger partial charge on any atom is -0.296 e. The normalized spacial score (nSPS) is 22.4. The number of pyridine rings is 1. The second kappa shape index (κ2) is 6.80. The van der Waals surface area contributed by atoms with Gasteiger partial charge in [-0.1, -0.05) is 24.9 Å². The maximum Gasteiger partial charge on any atom is 0.102 e. The lowest BCUT2D eigenvalue weighted by Crippen LogP contribution is -2.25. The predicted octanol–water partition coefficient (Wildman–Crippen LogP) is 1.83. The summed E-state index contributed by atoms with van der Waals surface area (Å²) < 4.78 is 0. The molecule has 0 atom stereocenters. The molecule has 0 unspecified atom stereocenters. The molecule has 2 heterocycles. The molecule has 20 heavy (non-hydrogen) atoms. The number of hydrogen-bond donors (Lipinski definition) is 0. The molecule has 0 bridgehead atoms. The molecule has 4 nitrogen and oxygen atoms in total. The topological polar surface area (TPSA) is 50.0 Å². The summed E-state index contributed by atoms with van der Waals surface area (Å²) in [6.45, 7) is 8.09. The van der Waals surface area contributed by atoms with Gasteiger partial charge < -0.3 is 0 Å². The van der Waals surface area contributed by atoms with Crippen LogP contribution < -0.4 is 10.7 Å². The van der Waals surface area contributed by atoms with Crippen LogP contribution >= 0.6 is 11.8 Å². The van der Waals surface area contributed by atoms with Crippen molar-refractivity contribution < 1.29 is 0 Å². The molecule has 0 amide bonds. The van der Waals surface area contributed by atoms with Crippen LogP contribution in [0.1, 0.15) is 0 Å². The number of hydrogen-bond acceptors (Lipinski definition) is 5. The van der Waals surface area contributed by atoms with E-state index in [0.29, 0.717) is 11.6 Å². The first-order chi connectivity index (χ1) is 9.74. The number of aliphatic imine (C=N–C) groups is 1. The van der Waals surface area contributed by atoms with Crippen LogP contribution in [0.4, 0.5) is 0 Å². The SMILES string of the molecule is C=C=C/C1=C(\C=N/C)C/N=c2/cncc/c2=N/C(=C)S1. The number of nitrogens with zero attached hydrogens (tertiary/aromatic N) is 4. The van der Waals surface area contributed by atoms with Gasteiger partial charge in [0.15, 0.2) is 0 Å². The minimum atomic E-state index is 0.499. The molecule has 0 aromatic carbocycles. The lowest BCUT2D eigenvalue weighted by atomic mass is 10.2. The third kappa shape index (κ3) is 3.41. The molecule has 100 valence electrons. The van der Waals surface area contributed by atoms with Crippen LogP contribution in [0, 0.1) is 0 Å². The first-order valence-corrected chi connectivity index (χ1v) is 6.77. The van der Waals surface area contributed by atoms with Crippen molar-refractivity contribution in [2.24, 2.45) is 15.0 Å². The van der Waals surface area contributed by atoms with Crippen molar-refractivity contribution in [1.82, 2.24) is 4.98 Å². The first kappa shape index (κ1) is 14.2. The fourth-order valence-electron chi connectivity index (χ4n) is 1.67. The van der Waals surface area contributed by atoms with Crippen molar-refractivity contribution >= 4 is 18.0 Å². The molecule has 0 spiro atoms. The zero-order valence-corrected chi connectivity index (χ0v) is 12.0. The summed E-state index contributed by atoms with van der Waals surface area (Å²) >= 11 is 1.46. The van der Waals surface area contributed by atoms with Gasteiger partial charge in [0, 0.05) is 29.9 Å². The van der Waals surface area contributed by atoms with Crippen LogP contribution in [-0.4, -0.2) is 24.8 Å². The van der Waals surface area contributed by atoms with Gasteiger partial charge in [0.2, 0.25) is 0 Å². The van der Waals surface area contributed by atoms with E-state index in [1.165, 1.54) is 11.8 Å². The Morgan fingerprint density at radius 2 is 2.30 bits per heavy atom. The van der Waals surface area contributed by atoms with Crippen LogP contribution in [-0.2, 0) is 0 Å². The quantitative estimate of drug-likeness (QED) is 0.614.